The highest BCUT2D eigenvalue weighted by atomic mass is 32.2. The molecule has 0 radical (unpaired) electrons. The summed E-state index contributed by atoms with van der Waals surface area (Å²) in [6.45, 7) is 6.93. The monoisotopic (exact) mass is 627 g/mol. The number of likely N-dealkylation sites (tertiary alicyclic amines) is 1. The van der Waals surface area contributed by atoms with Crippen molar-refractivity contribution in [1.82, 2.24) is 25.2 Å². The van der Waals surface area contributed by atoms with Crippen LogP contribution in [0.25, 0.3) is 10.8 Å². The molecule has 3 N–H and O–H groups in total. The lowest BCUT2D eigenvalue weighted by Crippen LogP contribution is -2.58. The summed E-state index contributed by atoms with van der Waals surface area (Å²) in [7, 11) is -2.29. The quantitative estimate of drug-likeness (QED) is 0.292. The number of nitrogens with zero attached hydrogens (tertiary/aromatic N) is 2. The van der Waals surface area contributed by atoms with E-state index >= 15 is 0 Å². The molecule has 2 saturated carbocycles. The number of ether oxygens (including phenoxy) is 2. The summed E-state index contributed by atoms with van der Waals surface area (Å²) in [4.78, 5) is 58.4. The molecule has 1 aromatic heterocycles. The summed E-state index contributed by atoms with van der Waals surface area (Å²) in [5.41, 5.74) is -1.51. The molecule has 1 aliphatic heterocycles. The second-order valence-electron chi connectivity index (χ2n) is 11.5. The number of rotatable bonds is 12. The summed E-state index contributed by atoms with van der Waals surface area (Å²) in [5, 5.41) is 6.29. The Morgan fingerprint density at radius 1 is 1.23 bits per heavy atom. The fraction of sp³-hybridized carbons (Fsp3) is 0.500. The average molecular weight is 628 g/mol. The van der Waals surface area contributed by atoms with E-state index in [2.05, 4.69) is 26.9 Å². The molecule has 3 fully saturated rings. The Kier molecular flexibility index (Phi) is 8.56. The van der Waals surface area contributed by atoms with Gasteiger partial charge in [0.1, 0.15) is 29.5 Å². The van der Waals surface area contributed by atoms with Gasteiger partial charge in [0.2, 0.25) is 33.6 Å². The van der Waals surface area contributed by atoms with Gasteiger partial charge in [-0.2, -0.15) is 0 Å². The maximum Gasteiger partial charge on any atom is 0.259 e. The molecule has 5 atom stereocenters. The number of carbonyl (C=O) groups is 4. The highest BCUT2D eigenvalue weighted by Gasteiger charge is 2.62. The van der Waals surface area contributed by atoms with Gasteiger partial charge in [0.15, 0.2) is 0 Å². The molecule has 2 aliphatic carbocycles. The van der Waals surface area contributed by atoms with E-state index in [9.17, 15) is 27.6 Å². The number of hydrogen-bond donors (Lipinski definition) is 3. The Morgan fingerprint density at radius 3 is 2.61 bits per heavy atom. The van der Waals surface area contributed by atoms with Crippen LogP contribution in [0.15, 0.2) is 43.1 Å². The Labute approximate surface area is 255 Å². The maximum atomic E-state index is 13.8. The van der Waals surface area contributed by atoms with E-state index in [-0.39, 0.29) is 31.7 Å². The predicted octanol–water partition coefficient (Wildman–Crippen LogP) is 1.18. The van der Waals surface area contributed by atoms with Gasteiger partial charge >= 0.3 is 0 Å². The third-order valence-corrected chi connectivity index (χ3v) is 10.2. The number of pyridine rings is 1. The van der Waals surface area contributed by atoms with Crippen LogP contribution >= 0.6 is 0 Å². The van der Waals surface area contributed by atoms with Gasteiger partial charge in [0.25, 0.3) is 5.91 Å². The zero-order valence-corrected chi connectivity index (χ0v) is 25.7. The molecule has 0 bridgehead atoms. The molecule has 1 saturated heterocycles. The van der Waals surface area contributed by atoms with Crippen molar-refractivity contribution in [2.75, 3.05) is 13.7 Å². The van der Waals surface area contributed by atoms with Gasteiger partial charge in [0, 0.05) is 30.3 Å². The van der Waals surface area contributed by atoms with E-state index in [0.717, 1.165) is 5.39 Å². The zero-order valence-electron chi connectivity index (χ0n) is 24.9. The normalized spacial score (nSPS) is 25.1. The lowest BCUT2D eigenvalue weighted by Gasteiger charge is -2.28. The van der Waals surface area contributed by atoms with E-state index in [1.165, 1.54) is 17.9 Å². The smallest absolute Gasteiger partial charge is 0.259 e. The number of fused-ring (bicyclic) bond motifs is 1. The summed E-state index contributed by atoms with van der Waals surface area (Å²) < 4.78 is 38.7. The number of benzene rings is 1. The van der Waals surface area contributed by atoms with Gasteiger partial charge in [0.05, 0.1) is 18.9 Å². The van der Waals surface area contributed by atoms with Crippen LogP contribution in [0, 0.1) is 5.92 Å². The molecule has 2 heterocycles. The molecule has 44 heavy (non-hydrogen) atoms. The predicted molar refractivity (Wildman–Crippen MR) is 160 cm³/mol. The summed E-state index contributed by atoms with van der Waals surface area (Å²) >= 11 is 0. The van der Waals surface area contributed by atoms with Crippen LogP contribution < -0.4 is 24.8 Å². The van der Waals surface area contributed by atoms with Gasteiger partial charge in [-0.05, 0) is 55.8 Å². The fourth-order valence-electron chi connectivity index (χ4n) is 5.56. The first-order valence-electron chi connectivity index (χ1n) is 14.6. The summed E-state index contributed by atoms with van der Waals surface area (Å²) in [6.07, 6.45) is 3.78. The van der Waals surface area contributed by atoms with Crippen molar-refractivity contribution in [2.45, 2.75) is 74.9 Å². The lowest BCUT2D eigenvalue weighted by atomic mass is 10.1. The van der Waals surface area contributed by atoms with Crippen molar-refractivity contribution in [2.24, 2.45) is 5.92 Å². The molecule has 5 rings (SSSR count). The minimum Gasteiger partial charge on any atom is -0.497 e. The van der Waals surface area contributed by atoms with E-state index in [0.29, 0.717) is 29.9 Å². The molecule has 4 amide bonds. The van der Waals surface area contributed by atoms with Gasteiger partial charge in [-0.25, -0.2) is 13.4 Å². The standard InChI is InChI=1S/C30H37N5O8S/c1-5-19-15-30(19,29(39)34-44(40,41)22-8-9-22)33-26(37)24-14-21(16-35(24)28(38)17(3)32-25(36)6-2)43-27-23-10-7-20(42-4)13-18(23)11-12-31-27/h5,7,10-13,17,19,21-22,24H,1,6,8-9,14-16H2,2-4H3,(H,32,36)(H,33,37)(H,34,39)/t17-,19+,21-,24+,30-/m1/s1. The topological polar surface area (TPSA) is 173 Å². The number of amides is 4. The van der Waals surface area contributed by atoms with Crippen LogP contribution in [0.5, 0.6) is 11.6 Å². The van der Waals surface area contributed by atoms with Crippen LogP contribution in [0.2, 0.25) is 0 Å². The molecular weight excluding hydrogens is 590 g/mol. The number of sulfonamides is 1. The molecule has 14 heteroatoms. The van der Waals surface area contributed by atoms with E-state index in [1.54, 1.807) is 26.3 Å². The molecule has 3 aliphatic rings. The van der Waals surface area contributed by atoms with Crippen molar-refractivity contribution in [3.05, 3.63) is 43.1 Å². The molecular formula is C30H37N5O8S. The Morgan fingerprint density at radius 2 is 1.98 bits per heavy atom. The van der Waals surface area contributed by atoms with E-state index < -0.39 is 62.6 Å². The second-order valence-corrected chi connectivity index (χ2v) is 13.5. The Bertz CT molecular complexity index is 1610. The van der Waals surface area contributed by atoms with E-state index in [4.69, 9.17) is 9.47 Å². The molecule has 0 unspecified atom stereocenters. The van der Waals surface area contributed by atoms with Crippen LogP contribution in [0.1, 0.15) is 46.0 Å². The minimum atomic E-state index is -3.86. The van der Waals surface area contributed by atoms with Crippen molar-refractivity contribution in [1.29, 1.82) is 0 Å². The van der Waals surface area contributed by atoms with Crippen LogP contribution in [0.4, 0.5) is 0 Å². The van der Waals surface area contributed by atoms with Gasteiger partial charge < -0.3 is 25.0 Å². The summed E-state index contributed by atoms with van der Waals surface area (Å²) in [5.74, 6) is -1.81. The lowest BCUT2D eigenvalue weighted by molar-refractivity contribution is -0.142. The van der Waals surface area contributed by atoms with Crippen LogP contribution in [-0.4, -0.2) is 84.6 Å². The first-order chi connectivity index (χ1) is 20.9. The molecule has 2 aromatic rings. The van der Waals surface area contributed by atoms with Gasteiger partial charge in [-0.1, -0.05) is 13.0 Å². The van der Waals surface area contributed by atoms with E-state index in [1.807, 2.05) is 18.2 Å². The van der Waals surface area contributed by atoms with Crippen molar-refractivity contribution in [3.8, 4) is 11.6 Å². The van der Waals surface area contributed by atoms with Gasteiger partial charge in [-0.3, -0.25) is 23.9 Å². The summed E-state index contributed by atoms with van der Waals surface area (Å²) in [6, 6.07) is 5.23. The number of nitrogens with one attached hydrogen (secondary N) is 3. The maximum absolute atomic E-state index is 13.8. The van der Waals surface area contributed by atoms with Crippen molar-refractivity contribution in [3.63, 3.8) is 0 Å². The Hall–Kier alpha value is -4.20. The molecule has 0 spiro atoms. The number of hydrogen-bond acceptors (Lipinski definition) is 9. The highest BCUT2D eigenvalue weighted by Crippen LogP contribution is 2.45. The SMILES string of the molecule is C=C[C@H]1C[C@]1(NC(=O)[C@@H]1C[C@@H](Oc2nccc3cc(OC)ccc23)CN1C(=O)[C@@H](C)NC(=O)CC)C(=O)NS(=O)(=O)C1CC1. The largest absolute Gasteiger partial charge is 0.497 e. The first kappa shape index (κ1) is 31.2. The number of methoxy groups -OCH3 is 1. The molecule has 13 nitrogen and oxygen atoms in total. The third kappa shape index (κ3) is 6.21. The second kappa shape index (κ2) is 12.1. The first-order valence-corrected chi connectivity index (χ1v) is 16.2. The molecule has 236 valence electrons. The average Bonchev–Trinajstić information content (AvgIpc) is 3.93. The minimum absolute atomic E-state index is 0.0115. The zero-order chi connectivity index (χ0) is 31.8. The Balaban J connectivity index is 1.38. The highest BCUT2D eigenvalue weighted by molar-refractivity contribution is 7.91. The van der Waals surface area contributed by atoms with Crippen molar-refractivity contribution >= 4 is 44.4 Å². The van der Waals surface area contributed by atoms with Crippen LogP contribution in [0.3, 0.4) is 0 Å². The van der Waals surface area contributed by atoms with Gasteiger partial charge in [-0.15, -0.1) is 6.58 Å². The number of aromatic nitrogens is 1. The van der Waals surface area contributed by atoms with Crippen molar-refractivity contribution < 1.29 is 37.1 Å². The number of carbonyl (C=O) groups excluding carboxylic acids is 4. The van der Waals surface area contributed by atoms with Crippen LogP contribution in [-0.2, 0) is 29.2 Å². The molecule has 1 aromatic carbocycles. The fourth-order valence-corrected chi connectivity index (χ4v) is 6.92. The third-order valence-electron chi connectivity index (χ3n) is 8.38.